The summed E-state index contributed by atoms with van der Waals surface area (Å²) in [5.74, 6) is 0. The van der Waals surface area contributed by atoms with Gasteiger partial charge in [0.1, 0.15) is 0 Å². The van der Waals surface area contributed by atoms with Gasteiger partial charge in [-0.25, -0.2) is 0 Å². The summed E-state index contributed by atoms with van der Waals surface area (Å²) in [6.45, 7) is 0. The summed E-state index contributed by atoms with van der Waals surface area (Å²) in [5, 5.41) is 5.16. The van der Waals surface area contributed by atoms with Gasteiger partial charge < -0.3 is 9.47 Å². The summed E-state index contributed by atoms with van der Waals surface area (Å²) in [6, 6.07) is 87.9. The number of allylic oxidation sites excluding steroid dienone is 4. The van der Waals surface area contributed by atoms with E-state index in [1.165, 1.54) is 88.2 Å². The van der Waals surface area contributed by atoms with Crippen LogP contribution in [-0.2, 0) is 5.41 Å². The topological polar surface area (TPSA) is 8.17 Å². The first-order valence-electron chi connectivity index (χ1n) is 23.4. The first-order valence-corrected chi connectivity index (χ1v) is 23.4. The van der Waals surface area contributed by atoms with Gasteiger partial charge in [0.2, 0.25) is 0 Å². The van der Waals surface area contributed by atoms with Crippen LogP contribution in [0.25, 0.3) is 66.0 Å². The quantitative estimate of drug-likeness (QED) is 0.148. The molecule has 1 atom stereocenters. The third-order valence-electron chi connectivity index (χ3n) is 14.4. The van der Waals surface area contributed by atoms with Gasteiger partial charge in [-0.05, 0) is 127 Å². The highest BCUT2D eigenvalue weighted by Gasteiger charge is 2.46. The van der Waals surface area contributed by atoms with Crippen molar-refractivity contribution in [2.75, 3.05) is 4.90 Å². The second-order valence-electron chi connectivity index (χ2n) is 18.0. The van der Waals surface area contributed by atoms with Crippen molar-refractivity contribution in [2.45, 2.75) is 17.9 Å². The minimum absolute atomic E-state index is 0.267. The lowest BCUT2D eigenvalue weighted by molar-refractivity contribution is 0.648. The van der Waals surface area contributed by atoms with E-state index in [2.05, 4.69) is 270 Å². The molecule has 2 aliphatic rings. The van der Waals surface area contributed by atoms with E-state index < -0.39 is 5.41 Å². The molecule has 0 bridgehead atoms. The number of hydrogen-bond acceptors (Lipinski definition) is 1. The Bertz CT molecular complexity index is 3650. The number of hydrogen-bond donors (Lipinski definition) is 0. The second kappa shape index (κ2) is 15.9. The average Bonchev–Trinajstić information content (AvgIpc) is 3.91. The van der Waals surface area contributed by atoms with E-state index >= 15 is 0 Å². The van der Waals surface area contributed by atoms with E-state index in [0.29, 0.717) is 0 Å². The molecule has 1 unspecified atom stereocenters. The molecule has 2 nitrogen and oxygen atoms in total. The lowest BCUT2D eigenvalue weighted by Crippen LogP contribution is -2.28. The molecule has 1 heterocycles. The summed E-state index contributed by atoms with van der Waals surface area (Å²) in [7, 11) is 0. The first-order chi connectivity index (χ1) is 33.2. The number of nitrogens with zero attached hydrogens (tertiary/aromatic N) is 2. The highest BCUT2D eigenvalue weighted by atomic mass is 15.1. The standard InChI is InChI=1S/C65H46N2/c1-5-17-45(18-6-1)46-29-35-53(36-30-46)66(55-39-40-58-57-27-15-16-28-60(57)65(61(58)44-55,50-20-7-2-8-21-50)51-22-9-3-10-23-51)54-37-31-47(32-38-54)49-34-41-62-59(43-49)64-56-26-14-13-19-48(56)33-42-63(64)67(62)52-24-11-4-12-25-52/h1-24,26-44,52H,25H2. The molecule has 0 fully saturated rings. The molecule has 2 aliphatic carbocycles. The molecule has 0 saturated heterocycles. The normalized spacial score (nSPS) is 14.7. The monoisotopic (exact) mass is 854 g/mol. The summed E-state index contributed by atoms with van der Waals surface area (Å²) in [5.41, 5.74) is 17.8. The Balaban J connectivity index is 0.971. The predicted octanol–water partition coefficient (Wildman–Crippen LogP) is 17.2. The van der Waals surface area contributed by atoms with Gasteiger partial charge in [-0.15, -0.1) is 0 Å². The zero-order valence-electron chi connectivity index (χ0n) is 37.0. The summed E-state index contributed by atoms with van der Waals surface area (Å²) >= 11 is 0. The molecule has 0 saturated carbocycles. The Kier molecular flexibility index (Phi) is 9.25. The maximum absolute atomic E-state index is 2.55. The number of benzene rings is 10. The Labute approximate surface area is 391 Å². The molecule has 0 aliphatic heterocycles. The molecule has 13 rings (SSSR count). The van der Waals surface area contributed by atoms with E-state index in [9.17, 15) is 0 Å². The fourth-order valence-corrected chi connectivity index (χ4v) is 11.4. The molecule has 0 N–H and O–H groups in total. The molecule has 2 heteroatoms. The molecule has 316 valence electrons. The smallest absolute Gasteiger partial charge is 0.0714 e. The summed E-state index contributed by atoms with van der Waals surface area (Å²) in [6.07, 6.45) is 9.95. The van der Waals surface area contributed by atoms with Crippen LogP contribution in [0, 0.1) is 0 Å². The molecule has 0 amide bonds. The van der Waals surface area contributed by atoms with Crippen molar-refractivity contribution in [3.05, 3.63) is 283 Å². The minimum Gasteiger partial charge on any atom is -0.333 e. The summed E-state index contributed by atoms with van der Waals surface area (Å²) in [4.78, 5) is 2.43. The molecule has 0 radical (unpaired) electrons. The van der Waals surface area contributed by atoms with Crippen LogP contribution in [0.15, 0.2) is 261 Å². The van der Waals surface area contributed by atoms with Gasteiger partial charge in [0, 0.05) is 33.4 Å². The lowest BCUT2D eigenvalue weighted by Gasteiger charge is -2.35. The number of fused-ring (bicyclic) bond motifs is 8. The SMILES string of the molecule is C1=CCC(n2c3ccc(-c4ccc(N(c5ccc(-c6ccccc6)cc5)c5ccc6c(c5)C(c5ccccc5)(c5ccccc5)c5ccccc5-6)cc4)cc3c3c4ccccc4ccc32)C=C1. The van der Waals surface area contributed by atoms with Crippen molar-refractivity contribution in [3.8, 4) is 33.4 Å². The molecular formula is C65H46N2. The van der Waals surface area contributed by atoms with Crippen LogP contribution in [0.4, 0.5) is 17.1 Å². The average molecular weight is 855 g/mol. The van der Waals surface area contributed by atoms with Crippen molar-refractivity contribution in [1.82, 2.24) is 4.57 Å². The van der Waals surface area contributed by atoms with Gasteiger partial charge in [-0.3, -0.25) is 0 Å². The Morgan fingerprint density at radius 2 is 0.970 bits per heavy atom. The highest BCUT2D eigenvalue weighted by molar-refractivity contribution is 6.21. The van der Waals surface area contributed by atoms with Crippen LogP contribution in [0.2, 0.25) is 0 Å². The Morgan fingerprint density at radius 3 is 1.67 bits per heavy atom. The van der Waals surface area contributed by atoms with Crippen LogP contribution in [-0.4, -0.2) is 4.57 Å². The molecule has 10 aromatic carbocycles. The van der Waals surface area contributed by atoms with Gasteiger partial charge in [-0.1, -0.05) is 206 Å². The maximum atomic E-state index is 2.55. The lowest BCUT2D eigenvalue weighted by atomic mass is 9.67. The molecule has 0 spiro atoms. The highest BCUT2D eigenvalue weighted by Crippen LogP contribution is 2.57. The number of aromatic nitrogens is 1. The van der Waals surface area contributed by atoms with Crippen LogP contribution >= 0.6 is 0 Å². The fourth-order valence-electron chi connectivity index (χ4n) is 11.4. The van der Waals surface area contributed by atoms with Crippen molar-refractivity contribution in [1.29, 1.82) is 0 Å². The van der Waals surface area contributed by atoms with Crippen molar-refractivity contribution >= 4 is 49.6 Å². The van der Waals surface area contributed by atoms with Crippen LogP contribution in [0.1, 0.15) is 34.7 Å². The third kappa shape index (κ3) is 6.25. The van der Waals surface area contributed by atoms with Crippen LogP contribution in [0.5, 0.6) is 0 Å². The second-order valence-corrected chi connectivity index (χ2v) is 18.0. The summed E-state index contributed by atoms with van der Waals surface area (Å²) < 4.78 is 2.55. The molecule has 1 aromatic heterocycles. The first kappa shape index (κ1) is 39.0. The fraction of sp³-hybridized carbons (Fsp3) is 0.0462. The zero-order valence-corrected chi connectivity index (χ0v) is 37.0. The van der Waals surface area contributed by atoms with Gasteiger partial charge in [0.25, 0.3) is 0 Å². The van der Waals surface area contributed by atoms with Gasteiger partial charge in [-0.2, -0.15) is 0 Å². The third-order valence-corrected chi connectivity index (χ3v) is 14.4. The van der Waals surface area contributed by atoms with Crippen molar-refractivity contribution < 1.29 is 0 Å². The maximum Gasteiger partial charge on any atom is 0.0714 e. The van der Waals surface area contributed by atoms with Gasteiger partial charge >= 0.3 is 0 Å². The van der Waals surface area contributed by atoms with Crippen molar-refractivity contribution in [3.63, 3.8) is 0 Å². The van der Waals surface area contributed by atoms with E-state index in [1.54, 1.807) is 0 Å². The molecular weight excluding hydrogens is 809 g/mol. The van der Waals surface area contributed by atoms with Crippen molar-refractivity contribution in [2.24, 2.45) is 0 Å². The van der Waals surface area contributed by atoms with Gasteiger partial charge in [0.15, 0.2) is 0 Å². The molecule has 67 heavy (non-hydrogen) atoms. The van der Waals surface area contributed by atoms with E-state index in [-0.39, 0.29) is 6.04 Å². The van der Waals surface area contributed by atoms with E-state index in [4.69, 9.17) is 0 Å². The van der Waals surface area contributed by atoms with Gasteiger partial charge in [0.05, 0.1) is 17.0 Å². The largest absolute Gasteiger partial charge is 0.333 e. The minimum atomic E-state index is -0.506. The van der Waals surface area contributed by atoms with E-state index in [0.717, 1.165) is 23.5 Å². The zero-order chi connectivity index (χ0) is 44.3. The molecule has 11 aromatic rings. The van der Waals surface area contributed by atoms with Crippen LogP contribution < -0.4 is 4.90 Å². The Hall–Kier alpha value is -8.46. The predicted molar refractivity (Wildman–Crippen MR) is 282 cm³/mol. The van der Waals surface area contributed by atoms with Crippen LogP contribution in [0.3, 0.4) is 0 Å². The number of anilines is 3. The Morgan fingerprint density at radius 1 is 0.403 bits per heavy atom. The number of rotatable bonds is 8. The van der Waals surface area contributed by atoms with E-state index in [1.807, 2.05) is 0 Å².